The van der Waals surface area contributed by atoms with Gasteiger partial charge in [0.15, 0.2) is 0 Å². The molecule has 4 heteroatoms. The third kappa shape index (κ3) is 3.82. The molecule has 1 aromatic carbocycles. The number of hydrogen-bond acceptors (Lipinski definition) is 2. The van der Waals surface area contributed by atoms with Crippen LogP contribution in [0.2, 0.25) is 0 Å². The maximum atomic E-state index is 12.5. The summed E-state index contributed by atoms with van der Waals surface area (Å²) < 4.78 is 26.5. The second kappa shape index (κ2) is 6.90. The van der Waals surface area contributed by atoms with Crippen LogP contribution in [0.25, 0.3) is 0 Å². The van der Waals surface area contributed by atoms with Gasteiger partial charge in [0.1, 0.15) is 0 Å². The Morgan fingerprint density at radius 1 is 1.00 bits per heavy atom. The van der Waals surface area contributed by atoms with Gasteiger partial charge in [-0.1, -0.05) is 38.0 Å². The number of sulfonamides is 1. The van der Waals surface area contributed by atoms with Crippen LogP contribution < -0.4 is 0 Å². The molecule has 0 atom stereocenters. The molecular formula is C14H23NO2S. The van der Waals surface area contributed by atoms with Gasteiger partial charge in [-0.3, -0.25) is 0 Å². The van der Waals surface area contributed by atoms with E-state index in [1.54, 1.807) is 16.4 Å². The number of benzene rings is 1. The summed E-state index contributed by atoms with van der Waals surface area (Å²) in [6.45, 7) is 7.24. The van der Waals surface area contributed by atoms with Crippen molar-refractivity contribution >= 4 is 10.0 Å². The largest absolute Gasteiger partial charge is 0.243 e. The van der Waals surface area contributed by atoms with Crippen LogP contribution in [0.15, 0.2) is 29.2 Å². The minimum atomic E-state index is -3.32. The third-order valence-corrected chi connectivity index (χ3v) is 4.81. The highest BCUT2D eigenvalue weighted by molar-refractivity contribution is 7.89. The Balaban J connectivity index is 2.96. The molecule has 0 spiro atoms. The Kier molecular flexibility index (Phi) is 5.82. The van der Waals surface area contributed by atoms with Gasteiger partial charge in [0.05, 0.1) is 4.90 Å². The van der Waals surface area contributed by atoms with Crippen molar-refractivity contribution in [3.05, 3.63) is 29.8 Å². The van der Waals surface area contributed by atoms with E-state index >= 15 is 0 Å². The molecule has 1 rings (SSSR count). The summed E-state index contributed by atoms with van der Waals surface area (Å²) in [4.78, 5) is 0.401. The van der Waals surface area contributed by atoms with Crippen LogP contribution in [0, 0.1) is 6.92 Å². The lowest BCUT2D eigenvalue weighted by atomic mass is 10.2. The molecule has 0 aliphatic rings. The first-order valence-electron chi connectivity index (χ1n) is 6.59. The molecule has 0 bridgehead atoms. The van der Waals surface area contributed by atoms with E-state index in [1.165, 1.54) is 0 Å². The number of nitrogens with zero attached hydrogens (tertiary/aromatic N) is 1. The topological polar surface area (TPSA) is 37.4 Å². The summed E-state index contributed by atoms with van der Waals surface area (Å²) in [5.41, 5.74) is 1.07. The lowest BCUT2D eigenvalue weighted by Crippen LogP contribution is -2.32. The normalized spacial score (nSPS) is 12.0. The van der Waals surface area contributed by atoms with E-state index in [-0.39, 0.29) is 0 Å². The number of rotatable bonds is 7. The second-order valence-electron chi connectivity index (χ2n) is 4.57. The molecule has 0 radical (unpaired) electrons. The first kappa shape index (κ1) is 15.2. The monoisotopic (exact) mass is 269 g/mol. The molecule has 0 N–H and O–H groups in total. The molecule has 0 heterocycles. The van der Waals surface area contributed by atoms with Crippen LogP contribution in [0.1, 0.15) is 38.7 Å². The fourth-order valence-electron chi connectivity index (χ4n) is 1.80. The predicted molar refractivity (Wildman–Crippen MR) is 75.1 cm³/mol. The highest BCUT2D eigenvalue weighted by atomic mass is 32.2. The number of hydrogen-bond donors (Lipinski definition) is 0. The van der Waals surface area contributed by atoms with Crippen LogP contribution in [-0.4, -0.2) is 25.8 Å². The van der Waals surface area contributed by atoms with Crippen LogP contribution in [-0.2, 0) is 10.0 Å². The average molecular weight is 269 g/mol. The lowest BCUT2D eigenvalue weighted by Gasteiger charge is -2.21. The highest BCUT2D eigenvalue weighted by Crippen LogP contribution is 2.17. The summed E-state index contributed by atoms with van der Waals surface area (Å²) in [7, 11) is -3.32. The van der Waals surface area contributed by atoms with E-state index in [1.807, 2.05) is 26.0 Å². The molecule has 3 nitrogen and oxygen atoms in total. The third-order valence-electron chi connectivity index (χ3n) is 2.89. The molecule has 0 aliphatic carbocycles. The molecule has 0 fully saturated rings. The Morgan fingerprint density at radius 2 is 1.61 bits per heavy atom. The fourth-order valence-corrected chi connectivity index (χ4v) is 3.37. The maximum Gasteiger partial charge on any atom is 0.243 e. The van der Waals surface area contributed by atoms with Gasteiger partial charge in [-0.15, -0.1) is 0 Å². The van der Waals surface area contributed by atoms with E-state index in [9.17, 15) is 8.42 Å². The SMILES string of the molecule is CCCCN(CCC)S(=O)(=O)c1ccc(C)cc1. The maximum absolute atomic E-state index is 12.5. The van der Waals surface area contributed by atoms with Gasteiger partial charge >= 0.3 is 0 Å². The van der Waals surface area contributed by atoms with Gasteiger partial charge in [0.2, 0.25) is 10.0 Å². The van der Waals surface area contributed by atoms with Crippen LogP contribution in [0.3, 0.4) is 0 Å². The molecule has 18 heavy (non-hydrogen) atoms. The van der Waals surface area contributed by atoms with Crippen molar-refractivity contribution in [3.8, 4) is 0 Å². The van der Waals surface area contributed by atoms with Crippen molar-refractivity contribution in [2.24, 2.45) is 0 Å². The Bertz CT molecular complexity index is 451. The van der Waals surface area contributed by atoms with Crippen LogP contribution >= 0.6 is 0 Å². The second-order valence-corrected chi connectivity index (χ2v) is 6.51. The molecule has 1 aromatic rings. The molecule has 102 valence electrons. The molecule has 0 saturated heterocycles. The zero-order chi connectivity index (χ0) is 13.6. The minimum Gasteiger partial charge on any atom is -0.207 e. The molecule has 0 unspecified atom stereocenters. The van der Waals surface area contributed by atoms with E-state index in [0.29, 0.717) is 18.0 Å². The summed E-state index contributed by atoms with van der Waals surface area (Å²) in [6.07, 6.45) is 2.75. The van der Waals surface area contributed by atoms with Gasteiger partial charge in [-0.05, 0) is 31.9 Å². The van der Waals surface area contributed by atoms with Crippen molar-refractivity contribution in [3.63, 3.8) is 0 Å². The van der Waals surface area contributed by atoms with Gasteiger partial charge < -0.3 is 0 Å². The minimum absolute atomic E-state index is 0.401. The first-order valence-corrected chi connectivity index (χ1v) is 8.03. The zero-order valence-electron chi connectivity index (χ0n) is 11.5. The molecule has 0 aliphatic heterocycles. The van der Waals surface area contributed by atoms with Crippen molar-refractivity contribution in [2.45, 2.75) is 44.9 Å². The quantitative estimate of drug-likeness (QED) is 0.762. The van der Waals surface area contributed by atoms with Crippen molar-refractivity contribution in [1.29, 1.82) is 0 Å². The Morgan fingerprint density at radius 3 is 2.11 bits per heavy atom. The van der Waals surface area contributed by atoms with Crippen LogP contribution in [0.4, 0.5) is 0 Å². The summed E-state index contributed by atoms with van der Waals surface area (Å²) in [5, 5.41) is 0. The zero-order valence-corrected chi connectivity index (χ0v) is 12.3. The highest BCUT2D eigenvalue weighted by Gasteiger charge is 2.22. The lowest BCUT2D eigenvalue weighted by molar-refractivity contribution is 0.402. The van der Waals surface area contributed by atoms with E-state index in [0.717, 1.165) is 24.8 Å². The Hall–Kier alpha value is -0.870. The van der Waals surface area contributed by atoms with E-state index in [2.05, 4.69) is 6.92 Å². The average Bonchev–Trinajstić information content (AvgIpc) is 2.35. The van der Waals surface area contributed by atoms with E-state index < -0.39 is 10.0 Å². The first-order chi connectivity index (χ1) is 8.52. The fraction of sp³-hybridized carbons (Fsp3) is 0.571. The smallest absolute Gasteiger partial charge is 0.207 e. The van der Waals surface area contributed by atoms with Gasteiger partial charge in [-0.2, -0.15) is 4.31 Å². The molecular weight excluding hydrogens is 246 g/mol. The Labute approximate surface area is 111 Å². The van der Waals surface area contributed by atoms with Crippen molar-refractivity contribution < 1.29 is 8.42 Å². The van der Waals surface area contributed by atoms with Crippen molar-refractivity contribution in [2.75, 3.05) is 13.1 Å². The van der Waals surface area contributed by atoms with Crippen LogP contribution in [0.5, 0.6) is 0 Å². The van der Waals surface area contributed by atoms with Gasteiger partial charge in [-0.25, -0.2) is 8.42 Å². The van der Waals surface area contributed by atoms with Gasteiger partial charge in [0, 0.05) is 13.1 Å². The number of aryl methyl sites for hydroxylation is 1. The molecule has 0 saturated carbocycles. The standard InChI is InChI=1S/C14H23NO2S/c1-4-6-12-15(11-5-2)18(16,17)14-9-7-13(3)8-10-14/h7-10H,4-6,11-12H2,1-3H3. The van der Waals surface area contributed by atoms with Gasteiger partial charge in [0.25, 0.3) is 0 Å². The number of unbranched alkanes of at least 4 members (excludes halogenated alkanes) is 1. The predicted octanol–water partition coefficient (Wildman–Crippen LogP) is 3.20. The summed E-state index contributed by atoms with van der Waals surface area (Å²) in [5.74, 6) is 0. The summed E-state index contributed by atoms with van der Waals surface area (Å²) in [6, 6.07) is 7.08. The van der Waals surface area contributed by atoms with Crippen molar-refractivity contribution in [1.82, 2.24) is 4.31 Å². The summed E-state index contributed by atoms with van der Waals surface area (Å²) >= 11 is 0. The molecule has 0 amide bonds. The van der Waals surface area contributed by atoms with E-state index in [4.69, 9.17) is 0 Å². The molecule has 0 aromatic heterocycles.